The number of nitrogens with two attached hydrogens (primary N) is 1. The second-order valence-corrected chi connectivity index (χ2v) is 6.48. The van der Waals surface area contributed by atoms with Crippen LogP contribution in [0.4, 0.5) is 11.4 Å². The number of hydrogen-bond donors (Lipinski definition) is 3. The molecule has 1 saturated heterocycles. The summed E-state index contributed by atoms with van der Waals surface area (Å²) in [5, 5.41) is 26.1. The van der Waals surface area contributed by atoms with Crippen LogP contribution in [0.15, 0.2) is 24.3 Å². The molecule has 0 aliphatic carbocycles. The van der Waals surface area contributed by atoms with Gasteiger partial charge in [-0.1, -0.05) is 6.07 Å². The van der Waals surface area contributed by atoms with Gasteiger partial charge in [-0.2, -0.15) is 0 Å². The summed E-state index contributed by atoms with van der Waals surface area (Å²) in [6.07, 6.45) is 0.557. The molecule has 1 aliphatic rings. The van der Waals surface area contributed by atoms with E-state index in [1.165, 1.54) is 29.2 Å². The van der Waals surface area contributed by atoms with Gasteiger partial charge in [-0.3, -0.25) is 14.9 Å². The minimum Gasteiger partial charge on any atom is -0.544 e. The maximum atomic E-state index is 12.1. The average Bonchev–Trinajstić information content (AvgIpc) is 2.65. The van der Waals surface area contributed by atoms with Crippen molar-refractivity contribution in [3.05, 3.63) is 34.4 Å². The second-order valence-electron chi connectivity index (χ2n) is 6.48. The number of ether oxygens (including phenoxy) is 1. The summed E-state index contributed by atoms with van der Waals surface area (Å²) in [4.78, 5) is 35.0. The van der Waals surface area contributed by atoms with Crippen LogP contribution in [-0.2, 0) is 14.3 Å². The van der Waals surface area contributed by atoms with Gasteiger partial charge in [0.25, 0.3) is 5.69 Å². The van der Waals surface area contributed by atoms with Crippen molar-refractivity contribution in [3.8, 4) is 0 Å². The van der Waals surface area contributed by atoms with E-state index in [1.54, 1.807) is 5.32 Å². The lowest BCUT2D eigenvalue weighted by Crippen LogP contribution is -3.14. The number of rotatable bonds is 10. The van der Waals surface area contributed by atoms with Crippen molar-refractivity contribution in [2.24, 2.45) is 0 Å². The van der Waals surface area contributed by atoms with Crippen LogP contribution in [0.25, 0.3) is 0 Å². The van der Waals surface area contributed by atoms with Crippen LogP contribution in [0, 0.1) is 10.1 Å². The molecular weight excluding hydrogens is 356 g/mol. The van der Waals surface area contributed by atoms with Crippen molar-refractivity contribution in [2.45, 2.75) is 18.9 Å². The number of carbonyl (C=O) groups excluding carboxylic acids is 2. The zero-order chi connectivity index (χ0) is 19.6. The topological polar surface area (TPSA) is 143 Å². The van der Waals surface area contributed by atoms with Crippen LogP contribution in [-0.4, -0.2) is 62.2 Å². The van der Waals surface area contributed by atoms with Crippen LogP contribution < -0.4 is 20.6 Å². The molecule has 2 rings (SSSR count). The third-order valence-electron chi connectivity index (χ3n) is 4.43. The van der Waals surface area contributed by atoms with Crippen LogP contribution in [0.1, 0.15) is 12.8 Å². The van der Waals surface area contributed by atoms with E-state index in [0.717, 1.165) is 39.3 Å². The van der Waals surface area contributed by atoms with E-state index in [0.29, 0.717) is 6.54 Å². The molecule has 1 aromatic carbocycles. The molecule has 10 heteroatoms. The van der Waals surface area contributed by atoms with Crippen LogP contribution >= 0.6 is 0 Å². The van der Waals surface area contributed by atoms with E-state index in [1.807, 2.05) is 0 Å². The summed E-state index contributed by atoms with van der Waals surface area (Å²) < 4.78 is 5.29. The lowest BCUT2D eigenvalue weighted by molar-refractivity contribution is -0.909. The van der Waals surface area contributed by atoms with Gasteiger partial charge in [-0.05, 0) is 6.07 Å². The fraction of sp³-hybridized carbons (Fsp3) is 0.529. The van der Waals surface area contributed by atoms with Crippen molar-refractivity contribution in [3.63, 3.8) is 0 Å². The Hall–Kier alpha value is -2.56. The van der Waals surface area contributed by atoms with Gasteiger partial charge >= 0.3 is 0 Å². The highest BCUT2D eigenvalue weighted by atomic mass is 16.6. The molecule has 1 aliphatic heterocycles. The number of non-ortho nitro benzene ring substituents is 1. The number of amides is 1. The van der Waals surface area contributed by atoms with Crippen molar-refractivity contribution in [2.75, 3.05) is 44.7 Å². The van der Waals surface area contributed by atoms with Crippen molar-refractivity contribution in [1.29, 1.82) is 0 Å². The van der Waals surface area contributed by atoms with E-state index < -0.39 is 22.8 Å². The van der Waals surface area contributed by atoms with Crippen LogP contribution in [0.2, 0.25) is 0 Å². The molecule has 0 bridgehead atoms. The Labute approximate surface area is 156 Å². The number of morpholine rings is 1. The summed E-state index contributed by atoms with van der Waals surface area (Å²) in [6, 6.07) is 4.49. The molecule has 0 aromatic heterocycles. The highest BCUT2D eigenvalue weighted by molar-refractivity contribution is 5.93. The van der Waals surface area contributed by atoms with E-state index in [2.05, 4.69) is 5.32 Å². The Morgan fingerprint density at radius 2 is 2.07 bits per heavy atom. The molecule has 1 aromatic rings. The third kappa shape index (κ3) is 7.29. The van der Waals surface area contributed by atoms with Gasteiger partial charge in [0, 0.05) is 24.2 Å². The van der Waals surface area contributed by atoms with Crippen molar-refractivity contribution < 1.29 is 34.6 Å². The predicted octanol–water partition coefficient (Wildman–Crippen LogP) is -3.09. The standard InChI is InChI=1S/C17H24N4O6/c22-16(19-13-3-1-4-14(11-13)21(25)26)12-15(17(23)24)18-5-2-6-20-7-9-27-10-8-20/h1,3-4,11,15,18H,2,5-10,12H2,(H,19,22)(H,23,24)/p+1/t15-/m0/s1. The molecule has 27 heavy (non-hydrogen) atoms. The fourth-order valence-electron chi connectivity index (χ4n) is 2.95. The number of carbonyl (C=O) groups is 2. The number of aliphatic carboxylic acids is 1. The van der Waals surface area contributed by atoms with Gasteiger partial charge in [0.2, 0.25) is 5.91 Å². The molecule has 4 N–H and O–H groups in total. The summed E-state index contributed by atoms with van der Waals surface area (Å²) >= 11 is 0. The maximum Gasteiger partial charge on any atom is 0.271 e. The molecule has 0 unspecified atom stereocenters. The van der Waals surface area contributed by atoms with Gasteiger partial charge < -0.3 is 30.2 Å². The molecule has 0 saturated carbocycles. The number of nitrogens with one attached hydrogen (secondary N) is 2. The first kappa shape index (κ1) is 20.7. The van der Waals surface area contributed by atoms with Gasteiger partial charge in [0.15, 0.2) is 0 Å². The van der Waals surface area contributed by atoms with Gasteiger partial charge in [0.05, 0.1) is 43.6 Å². The summed E-state index contributed by atoms with van der Waals surface area (Å²) in [5.74, 6) is -1.83. The first-order valence-corrected chi connectivity index (χ1v) is 8.95. The van der Waals surface area contributed by atoms with Crippen molar-refractivity contribution >= 4 is 23.3 Å². The molecule has 0 radical (unpaired) electrons. The van der Waals surface area contributed by atoms with Crippen LogP contribution in [0.3, 0.4) is 0 Å². The molecule has 10 nitrogen and oxygen atoms in total. The zero-order valence-corrected chi connectivity index (χ0v) is 15.0. The fourth-order valence-corrected chi connectivity index (χ4v) is 2.95. The minimum atomic E-state index is -1.30. The van der Waals surface area contributed by atoms with E-state index >= 15 is 0 Å². The Morgan fingerprint density at radius 1 is 1.33 bits per heavy atom. The molecule has 1 amide bonds. The van der Waals surface area contributed by atoms with Gasteiger partial charge in [-0.15, -0.1) is 0 Å². The largest absolute Gasteiger partial charge is 0.544 e. The molecule has 148 valence electrons. The first-order valence-electron chi connectivity index (χ1n) is 8.95. The van der Waals surface area contributed by atoms with Gasteiger partial charge in [-0.25, -0.2) is 0 Å². The smallest absolute Gasteiger partial charge is 0.271 e. The highest BCUT2D eigenvalue weighted by Crippen LogP contribution is 2.17. The number of quaternary nitrogens is 2. The Bertz CT molecular complexity index is 663. The number of anilines is 1. The molecule has 1 heterocycles. The SMILES string of the molecule is O=C(C[C@H]([NH2+]CCC[NH+]1CCOCC1)C(=O)[O-])Nc1cccc([N+](=O)[O-])c1. The average molecular weight is 381 g/mol. The maximum absolute atomic E-state index is 12.1. The van der Waals surface area contributed by atoms with Crippen LogP contribution in [0.5, 0.6) is 0 Å². The quantitative estimate of drug-likeness (QED) is 0.223. The summed E-state index contributed by atoms with van der Waals surface area (Å²) in [7, 11) is 0. The first-order chi connectivity index (χ1) is 13.0. The highest BCUT2D eigenvalue weighted by Gasteiger charge is 2.20. The van der Waals surface area contributed by atoms with E-state index in [4.69, 9.17) is 4.74 Å². The second kappa shape index (κ2) is 10.6. The Balaban J connectivity index is 1.77. The number of nitro groups is 1. The Kier molecular flexibility index (Phi) is 8.11. The lowest BCUT2D eigenvalue weighted by Gasteiger charge is -2.23. The minimum absolute atomic E-state index is 0.151. The van der Waals surface area contributed by atoms with E-state index in [9.17, 15) is 24.8 Å². The number of nitro benzene ring substituents is 1. The normalized spacial score (nSPS) is 15.9. The summed E-state index contributed by atoms with van der Waals surface area (Å²) in [6.45, 7) is 4.91. The molecular formula is C17H25N4O6+. The molecule has 1 atom stereocenters. The van der Waals surface area contributed by atoms with E-state index in [-0.39, 0.29) is 17.8 Å². The molecule has 1 fully saturated rings. The predicted molar refractivity (Wildman–Crippen MR) is 92.9 cm³/mol. The van der Waals surface area contributed by atoms with Crippen molar-refractivity contribution in [1.82, 2.24) is 0 Å². The number of carboxylic acids is 1. The third-order valence-corrected chi connectivity index (χ3v) is 4.43. The zero-order valence-electron chi connectivity index (χ0n) is 15.0. The Morgan fingerprint density at radius 3 is 2.74 bits per heavy atom. The lowest BCUT2D eigenvalue weighted by atomic mass is 10.2. The summed E-state index contributed by atoms with van der Waals surface area (Å²) in [5.41, 5.74) is 0.101. The van der Waals surface area contributed by atoms with Gasteiger partial charge in [0.1, 0.15) is 19.1 Å². The number of carboxylic acid groups (broad SMARTS) is 1. The number of hydrogen-bond acceptors (Lipinski definition) is 6. The number of nitrogens with zero attached hydrogens (tertiary/aromatic N) is 1. The number of benzene rings is 1. The monoisotopic (exact) mass is 381 g/mol. The molecule has 0 spiro atoms.